The van der Waals surface area contributed by atoms with Gasteiger partial charge in [-0.05, 0) is 73.7 Å². The molecule has 1 aliphatic heterocycles. The molecule has 2 unspecified atom stereocenters. The fourth-order valence-electron chi connectivity index (χ4n) is 3.78. The van der Waals surface area contributed by atoms with Crippen LogP contribution in [-0.2, 0) is 26.9 Å². The monoisotopic (exact) mass is 420 g/mol. The number of anilines is 1. The van der Waals surface area contributed by atoms with Crippen molar-refractivity contribution in [2.75, 3.05) is 25.2 Å². The summed E-state index contributed by atoms with van der Waals surface area (Å²) in [5, 5.41) is 1.21. The van der Waals surface area contributed by atoms with Gasteiger partial charge in [0.25, 0.3) is 0 Å². The van der Waals surface area contributed by atoms with Crippen LogP contribution in [0.1, 0.15) is 30.0 Å². The summed E-state index contributed by atoms with van der Waals surface area (Å²) >= 11 is -2.39. The standard InChI is InChI=1S/C21H25FN2O4S/c1-23(28-29(26)27)20-8-4-18(5-9-20)21(15-25)24-12-10-17(11-13-24)14-16-2-6-19(22)7-3-16/h2-9,15,17,21H,10-14H2,1H3,(H,26,27). The van der Waals surface area contributed by atoms with Gasteiger partial charge in [-0.1, -0.05) is 24.3 Å². The third-order valence-electron chi connectivity index (χ3n) is 5.38. The zero-order chi connectivity index (χ0) is 20.8. The number of carbonyl (C=O) groups excluding carboxylic acids is 1. The fourth-order valence-corrected chi connectivity index (χ4v) is 4.06. The summed E-state index contributed by atoms with van der Waals surface area (Å²) in [6.07, 6.45) is 3.85. The van der Waals surface area contributed by atoms with E-state index in [1.54, 1.807) is 12.1 Å². The Morgan fingerprint density at radius 1 is 1.21 bits per heavy atom. The van der Waals surface area contributed by atoms with E-state index in [1.807, 2.05) is 24.3 Å². The van der Waals surface area contributed by atoms with E-state index in [2.05, 4.69) is 4.90 Å². The number of hydrogen-bond acceptors (Lipinski definition) is 5. The summed E-state index contributed by atoms with van der Waals surface area (Å²) in [6, 6.07) is 13.5. The summed E-state index contributed by atoms with van der Waals surface area (Å²) < 4.78 is 37.3. The molecule has 2 aromatic carbocycles. The molecule has 0 radical (unpaired) electrons. The Bertz CT molecular complexity index is 824. The molecule has 6 nitrogen and oxygen atoms in total. The third-order valence-corrected chi connectivity index (χ3v) is 5.73. The summed E-state index contributed by atoms with van der Waals surface area (Å²) in [7, 11) is 1.53. The van der Waals surface area contributed by atoms with Gasteiger partial charge in [0.1, 0.15) is 12.1 Å². The number of hydrogen-bond donors (Lipinski definition) is 1. The van der Waals surface area contributed by atoms with Crippen LogP contribution in [0, 0.1) is 11.7 Å². The molecule has 3 rings (SSSR count). The van der Waals surface area contributed by atoms with Crippen molar-refractivity contribution in [1.29, 1.82) is 0 Å². The van der Waals surface area contributed by atoms with Gasteiger partial charge in [-0.2, -0.15) is 4.21 Å². The molecule has 0 bridgehead atoms. The molecule has 2 aromatic rings. The molecule has 1 saturated heterocycles. The first-order valence-corrected chi connectivity index (χ1v) is 10.6. The van der Waals surface area contributed by atoms with Gasteiger partial charge in [-0.3, -0.25) is 9.45 Å². The van der Waals surface area contributed by atoms with Crippen LogP contribution in [0.2, 0.25) is 0 Å². The number of aldehydes is 1. The second-order valence-corrected chi connectivity index (χ2v) is 7.85. The maximum Gasteiger partial charge on any atom is 0.325 e. The molecule has 1 aliphatic rings. The second kappa shape index (κ2) is 10.1. The van der Waals surface area contributed by atoms with Crippen LogP contribution in [0.5, 0.6) is 0 Å². The highest BCUT2D eigenvalue weighted by Gasteiger charge is 2.26. The first kappa shape index (κ1) is 21.6. The Balaban J connectivity index is 1.57. The summed E-state index contributed by atoms with van der Waals surface area (Å²) in [5.74, 6) is 0.308. The van der Waals surface area contributed by atoms with Crippen molar-refractivity contribution in [3.63, 3.8) is 0 Å². The second-order valence-electron chi connectivity index (χ2n) is 7.27. The van der Waals surface area contributed by atoms with E-state index in [4.69, 9.17) is 8.84 Å². The number of piperidine rings is 1. The van der Waals surface area contributed by atoms with Crippen LogP contribution in [-0.4, -0.2) is 40.1 Å². The molecule has 0 aliphatic carbocycles. The average molecular weight is 421 g/mol. The van der Waals surface area contributed by atoms with Crippen LogP contribution in [0.4, 0.5) is 10.1 Å². The Morgan fingerprint density at radius 3 is 2.38 bits per heavy atom. The van der Waals surface area contributed by atoms with Gasteiger partial charge in [0.05, 0.1) is 11.7 Å². The fraction of sp³-hybridized carbons (Fsp3) is 0.381. The zero-order valence-electron chi connectivity index (χ0n) is 16.2. The third kappa shape index (κ3) is 5.93. The van der Waals surface area contributed by atoms with Gasteiger partial charge in [0, 0.05) is 7.05 Å². The van der Waals surface area contributed by atoms with Crippen molar-refractivity contribution < 1.29 is 22.2 Å². The average Bonchev–Trinajstić information content (AvgIpc) is 2.71. The van der Waals surface area contributed by atoms with E-state index in [1.165, 1.54) is 24.2 Å². The van der Waals surface area contributed by atoms with Crippen molar-refractivity contribution in [2.45, 2.75) is 25.3 Å². The van der Waals surface area contributed by atoms with E-state index in [-0.39, 0.29) is 11.9 Å². The zero-order valence-corrected chi connectivity index (χ0v) is 17.1. The predicted octanol–water partition coefficient (Wildman–Crippen LogP) is 3.52. The lowest BCUT2D eigenvalue weighted by atomic mass is 9.89. The Labute approximate surface area is 172 Å². The van der Waals surface area contributed by atoms with Gasteiger partial charge < -0.3 is 4.79 Å². The van der Waals surface area contributed by atoms with Gasteiger partial charge in [-0.15, -0.1) is 4.28 Å². The highest BCUT2D eigenvalue weighted by atomic mass is 32.2. The van der Waals surface area contributed by atoms with Crippen LogP contribution in [0.3, 0.4) is 0 Å². The highest BCUT2D eigenvalue weighted by molar-refractivity contribution is 7.74. The molecule has 2 atom stereocenters. The van der Waals surface area contributed by atoms with E-state index >= 15 is 0 Å². The molecule has 0 amide bonds. The normalized spacial score (nSPS) is 17.6. The quantitative estimate of drug-likeness (QED) is 0.400. The van der Waals surface area contributed by atoms with Crippen LogP contribution in [0.25, 0.3) is 0 Å². The van der Waals surface area contributed by atoms with E-state index in [0.29, 0.717) is 11.6 Å². The minimum absolute atomic E-state index is 0.217. The van der Waals surface area contributed by atoms with Gasteiger partial charge in [0.15, 0.2) is 0 Å². The molecule has 1 N–H and O–H groups in total. The van der Waals surface area contributed by atoms with Crippen molar-refractivity contribution in [2.24, 2.45) is 5.92 Å². The molecular weight excluding hydrogens is 395 g/mol. The number of nitrogens with zero attached hydrogens (tertiary/aromatic N) is 2. The number of rotatable bonds is 8. The smallest absolute Gasteiger partial charge is 0.301 e. The Kier molecular flexibility index (Phi) is 7.49. The molecule has 0 saturated carbocycles. The Morgan fingerprint density at radius 2 is 1.83 bits per heavy atom. The van der Waals surface area contributed by atoms with E-state index in [0.717, 1.165) is 49.8 Å². The number of hydroxylamine groups is 1. The first-order valence-electron chi connectivity index (χ1n) is 9.53. The summed E-state index contributed by atoms with van der Waals surface area (Å²) in [5.41, 5.74) is 2.63. The number of carbonyl (C=O) groups is 1. The number of benzene rings is 2. The molecule has 8 heteroatoms. The van der Waals surface area contributed by atoms with Crippen molar-refractivity contribution >= 4 is 23.3 Å². The largest absolute Gasteiger partial charge is 0.325 e. The lowest BCUT2D eigenvalue weighted by molar-refractivity contribution is -0.113. The lowest BCUT2D eigenvalue weighted by Crippen LogP contribution is -2.38. The molecule has 0 aromatic heterocycles. The van der Waals surface area contributed by atoms with Gasteiger partial charge >= 0.3 is 11.4 Å². The highest BCUT2D eigenvalue weighted by Crippen LogP contribution is 2.28. The van der Waals surface area contributed by atoms with Crippen molar-refractivity contribution in [3.8, 4) is 0 Å². The van der Waals surface area contributed by atoms with E-state index in [9.17, 15) is 13.4 Å². The molecule has 1 fully saturated rings. The topological polar surface area (TPSA) is 70.1 Å². The van der Waals surface area contributed by atoms with E-state index < -0.39 is 11.4 Å². The minimum atomic E-state index is -2.39. The Hall–Kier alpha value is -2.13. The van der Waals surface area contributed by atoms with Gasteiger partial charge in [-0.25, -0.2) is 9.45 Å². The maximum atomic E-state index is 13.1. The maximum absolute atomic E-state index is 13.1. The van der Waals surface area contributed by atoms with Crippen LogP contribution < -0.4 is 5.06 Å². The molecule has 29 heavy (non-hydrogen) atoms. The van der Waals surface area contributed by atoms with Crippen LogP contribution >= 0.6 is 0 Å². The molecule has 156 valence electrons. The molecule has 1 heterocycles. The first-order chi connectivity index (χ1) is 14.0. The molecular formula is C21H25FN2O4S. The summed E-state index contributed by atoms with van der Waals surface area (Å²) in [4.78, 5) is 14.0. The summed E-state index contributed by atoms with van der Waals surface area (Å²) in [6.45, 7) is 1.65. The van der Waals surface area contributed by atoms with Crippen LogP contribution in [0.15, 0.2) is 48.5 Å². The minimum Gasteiger partial charge on any atom is -0.301 e. The lowest BCUT2D eigenvalue weighted by Gasteiger charge is -2.35. The van der Waals surface area contributed by atoms with Crippen molar-refractivity contribution in [1.82, 2.24) is 4.90 Å². The SMILES string of the molecule is CN(OS(=O)O)c1ccc(C(C=O)N2CCC(Cc3ccc(F)cc3)CC2)cc1. The predicted molar refractivity (Wildman–Crippen MR) is 110 cm³/mol. The van der Waals surface area contributed by atoms with Crippen molar-refractivity contribution in [3.05, 3.63) is 65.5 Å². The molecule has 0 spiro atoms. The number of likely N-dealkylation sites (tertiary alicyclic amines) is 1. The van der Waals surface area contributed by atoms with Gasteiger partial charge in [0.2, 0.25) is 0 Å². The number of halogens is 1.